The van der Waals surface area contributed by atoms with E-state index in [0.29, 0.717) is 40.0 Å². The molecule has 1 amide bonds. The number of nitrogens with one attached hydrogen (secondary N) is 1. The van der Waals surface area contributed by atoms with Crippen LogP contribution in [0.15, 0.2) is 22.7 Å². The smallest absolute Gasteiger partial charge is 0.257 e. The first-order valence-corrected chi connectivity index (χ1v) is 6.95. The molecule has 0 saturated carbocycles. The molecule has 1 aromatic heterocycles. The van der Waals surface area contributed by atoms with Crippen LogP contribution >= 0.6 is 23.2 Å². The average Bonchev–Trinajstić information content (AvgIpc) is 2.81. The van der Waals surface area contributed by atoms with Crippen molar-refractivity contribution in [2.45, 2.75) is 26.8 Å². The number of halogens is 2. The van der Waals surface area contributed by atoms with Crippen LogP contribution in [0.4, 0.5) is 0 Å². The van der Waals surface area contributed by atoms with Crippen molar-refractivity contribution in [1.29, 1.82) is 0 Å². The molecular formula is C14H14Cl2N2O2. The molecule has 20 heavy (non-hydrogen) atoms. The van der Waals surface area contributed by atoms with Gasteiger partial charge in [0.05, 0.1) is 15.7 Å². The van der Waals surface area contributed by atoms with Gasteiger partial charge in [-0.25, -0.2) is 0 Å². The summed E-state index contributed by atoms with van der Waals surface area (Å²) in [6, 6.07) is 5.24. The molecule has 1 heterocycles. The third-order valence-corrected chi connectivity index (χ3v) is 3.67. The fraction of sp³-hybridized carbons (Fsp3) is 0.286. The van der Waals surface area contributed by atoms with Crippen molar-refractivity contribution in [2.75, 3.05) is 0 Å². The number of benzene rings is 1. The lowest BCUT2D eigenvalue weighted by molar-refractivity contribution is 0.0948. The molecule has 6 heteroatoms. The van der Waals surface area contributed by atoms with Gasteiger partial charge in [0.2, 0.25) is 0 Å². The molecule has 2 rings (SSSR count). The summed E-state index contributed by atoms with van der Waals surface area (Å²) in [5.74, 6) is 0.320. The Morgan fingerprint density at radius 1 is 1.35 bits per heavy atom. The Labute approximate surface area is 127 Å². The van der Waals surface area contributed by atoms with Crippen LogP contribution in [0.3, 0.4) is 0 Å². The standard InChI is InChI=1S/C14H14Cl2N2O2/c1-3-12-13(8(2)20-18-12)14(19)17-7-9-4-5-10(15)11(16)6-9/h4-6H,3,7H2,1-2H3,(H,17,19). The molecule has 2 aromatic rings. The molecule has 0 saturated heterocycles. The molecule has 0 aliphatic carbocycles. The molecule has 106 valence electrons. The van der Waals surface area contributed by atoms with E-state index < -0.39 is 0 Å². The van der Waals surface area contributed by atoms with Gasteiger partial charge in [0.25, 0.3) is 5.91 Å². The van der Waals surface area contributed by atoms with E-state index in [0.717, 1.165) is 5.56 Å². The van der Waals surface area contributed by atoms with Crippen molar-refractivity contribution in [1.82, 2.24) is 10.5 Å². The van der Waals surface area contributed by atoms with E-state index in [2.05, 4.69) is 10.5 Å². The fourth-order valence-corrected chi connectivity index (χ4v) is 2.19. The molecule has 1 N–H and O–H groups in total. The Hall–Kier alpha value is -1.52. The molecule has 0 aliphatic heterocycles. The highest BCUT2D eigenvalue weighted by Gasteiger charge is 2.18. The summed E-state index contributed by atoms with van der Waals surface area (Å²) in [5.41, 5.74) is 2.04. The Bertz CT molecular complexity index is 638. The molecule has 0 unspecified atom stereocenters. The van der Waals surface area contributed by atoms with Gasteiger partial charge in [-0.15, -0.1) is 0 Å². The van der Waals surface area contributed by atoms with Gasteiger partial charge in [0.1, 0.15) is 11.3 Å². The monoisotopic (exact) mass is 312 g/mol. The van der Waals surface area contributed by atoms with Gasteiger partial charge in [0, 0.05) is 6.54 Å². The third kappa shape index (κ3) is 3.14. The first-order valence-electron chi connectivity index (χ1n) is 6.20. The van der Waals surface area contributed by atoms with Crippen molar-refractivity contribution in [2.24, 2.45) is 0 Å². The van der Waals surface area contributed by atoms with Gasteiger partial charge >= 0.3 is 0 Å². The molecule has 0 aliphatic rings. The zero-order chi connectivity index (χ0) is 14.7. The van der Waals surface area contributed by atoms with E-state index in [-0.39, 0.29) is 5.91 Å². The van der Waals surface area contributed by atoms with E-state index in [1.807, 2.05) is 13.0 Å². The van der Waals surface area contributed by atoms with Crippen LogP contribution in [-0.2, 0) is 13.0 Å². The summed E-state index contributed by atoms with van der Waals surface area (Å²) in [4.78, 5) is 12.2. The zero-order valence-corrected chi connectivity index (χ0v) is 12.7. The van der Waals surface area contributed by atoms with Crippen LogP contribution in [0.2, 0.25) is 10.0 Å². The molecular weight excluding hydrogens is 299 g/mol. The second kappa shape index (κ2) is 6.29. The molecule has 0 radical (unpaired) electrons. The molecule has 0 atom stereocenters. The Balaban J connectivity index is 2.08. The minimum Gasteiger partial charge on any atom is -0.361 e. The summed E-state index contributed by atoms with van der Waals surface area (Å²) in [6.07, 6.45) is 0.646. The van der Waals surface area contributed by atoms with Crippen molar-refractivity contribution in [3.63, 3.8) is 0 Å². The maximum atomic E-state index is 12.2. The number of hydrogen-bond acceptors (Lipinski definition) is 3. The van der Waals surface area contributed by atoms with Crippen LogP contribution < -0.4 is 5.32 Å². The highest BCUT2D eigenvalue weighted by Crippen LogP contribution is 2.22. The normalized spacial score (nSPS) is 10.6. The van der Waals surface area contributed by atoms with E-state index in [4.69, 9.17) is 27.7 Å². The predicted molar refractivity (Wildman–Crippen MR) is 78.3 cm³/mol. The van der Waals surface area contributed by atoms with Crippen LogP contribution in [0.1, 0.15) is 34.3 Å². The fourth-order valence-electron chi connectivity index (χ4n) is 1.87. The first-order chi connectivity index (χ1) is 9.52. The molecule has 0 fully saturated rings. The number of hydrogen-bond donors (Lipinski definition) is 1. The van der Waals surface area contributed by atoms with Gasteiger partial charge in [0.15, 0.2) is 0 Å². The average molecular weight is 313 g/mol. The third-order valence-electron chi connectivity index (χ3n) is 2.93. The van der Waals surface area contributed by atoms with Crippen molar-refractivity contribution in [3.8, 4) is 0 Å². The first kappa shape index (κ1) is 14.9. The minimum atomic E-state index is -0.202. The van der Waals surface area contributed by atoms with E-state index >= 15 is 0 Å². The number of carbonyl (C=O) groups excluding carboxylic acids is 1. The zero-order valence-electron chi connectivity index (χ0n) is 11.2. The van der Waals surface area contributed by atoms with Gasteiger partial charge in [-0.3, -0.25) is 4.79 Å². The van der Waals surface area contributed by atoms with Gasteiger partial charge < -0.3 is 9.84 Å². The highest BCUT2D eigenvalue weighted by atomic mass is 35.5. The number of aromatic nitrogens is 1. The van der Waals surface area contributed by atoms with Crippen molar-refractivity contribution >= 4 is 29.1 Å². The van der Waals surface area contributed by atoms with Gasteiger partial charge in [-0.2, -0.15) is 0 Å². The predicted octanol–water partition coefficient (Wildman–Crippen LogP) is 3.78. The largest absolute Gasteiger partial charge is 0.361 e. The molecule has 0 bridgehead atoms. The number of amides is 1. The maximum Gasteiger partial charge on any atom is 0.257 e. The van der Waals surface area contributed by atoms with Crippen molar-refractivity contribution in [3.05, 3.63) is 50.8 Å². The Morgan fingerprint density at radius 3 is 2.75 bits per heavy atom. The van der Waals surface area contributed by atoms with Crippen LogP contribution in [0, 0.1) is 6.92 Å². The summed E-state index contributed by atoms with van der Waals surface area (Å²) in [7, 11) is 0. The van der Waals surface area contributed by atoms with Crippen LogP contribution in [0.5, 0.6) is 0 Å². The highest BCUT2D eigenvalue weighted by molar-refractivity contribution is 6.42. The molecule has 4 nitrogen and oxygen atoms in total. The second-order valence-corrected chi connectivity index (χ2v) is 5.16. The quantitative estimate of drug-likeness (QED) is 0.934. The van der Waals surface area contributed by atoms with Crippen molar-refractivity contribution < 1.29 is 9.32 Å². The maximum absolute atomic E-state index is 12.2. The molecule has 0 spiro atoms. The second-order valence-electron chi connectivity index (χ2n) is 4.35. The lowest BCUT2D eigenvalue weighted by Gasteiger charge is -2.06. The summed E-state index contributed by atoms with van der Waals surface area (Å²) in [6.45, 7) is 4.01. The SMILES string of the molecule is CCc1noc(C)c1C(=O)NCc1ccc(Cl)c(Cl)c1. The summed E-state index contributed by atoms with van der Waals surface area (Å²) < 4.78 is 5.05. The van der Waals surface area contributed by atoms with E-state index in [1.165, 1.54) is 0 Å². The summed E-state index contributed by atoms with van der Waals surface area (Å²) in [5, 5.41) is 7.64. The minimum absolute atomic E-state index is 0.202. The Morgan fingerprint density at radius 2 is 2.10 bits per heavy atom. The number of aryl methyl sites for hydroxylation is 2. The lowest BCUT2D eigenvalue weighted by atomic mass is 10.1. The van der Waals surface area contributed by atoms with Crippen LogP contribution in [-0.4, -0.2) is 11.1 Å². The van der Waals surface area contributed by atoms with E-state index in [9.17, 15) is 4.79 Å². The topological polar surface area (TPSA) is 55.1 Å². The van der Waals surface area contributed by atoms with E-state index in [1.54, 1.807) is 19.1 Å². The molecule has 1 aromatic carbocycles. The van der Waals surface area contributed by atoms with Crippen LogP contribution in [0.25, 0.3) is 0 Å². The van der Waals surface area contributed by atoms with Gasteiger partial charge in [-0.1, -0.05) is 41.3 Å². The van der Waals surface area contributed by atoms with Gasteiger partial charge in [-0.05, 0) is 31.0 Å². The number of nitrogens with zero attached hydrogens (tertiary/aromatic N) is 1. The Kier molecular flexibility index (Phi) is 4.68. The summed E-state index contributed by atoms with van der Waals surface area (Å²) >= 11 is 11.8. The number of rotatable bonds is 4. The lowest BCUT2D eigenvalue weighted by Crippen LogP contribution is -2.24. The number of carbonyl (C=O) groups is 1.